The molecular weight excluding hydrogens is 204 g/mol. The number of ether oxygens (including phenoxy) is 2. The van der Waals surface area contributed by atoms with E-state index in [4.69, 9.17) is 15.2 Å². The van der Waals surface area contributed by atoms with Gasteiger partial charge in [-0.2, -0.15) is 0 Å². The molecule has 0 saturated carbocycles. The maximum Gasteiger partial charge on any atom is 0.161 e. The number of fused-ring (bicyclic) bond motifs is 1. The maximum atomic E-state index is 5.54. The van der Waals surface area contributed by atoms with Crippen molar-refractivity contribution in [2.75, 3.05) is 19.8 Å². The summed E-state index contributed by atoms with van der Waals surface area (Å²) in [6, 6.07) is 6.35. The first-order valence-corrected chi connectivity index (χ1v) is 5.61. The van der Waals surface area contributed by atoms with Gasteiger partial charge in [0.05, 0.1) is 0 Å². The van der Waals surface area contributed by atoms with Gasteiger partial charge < -0.3 is 20.5 Å². The average Bonchev–Trinajstić information content (AvgIpc) is 2.35. The standard InChI is InChI=1S/C12H18N2O2/c1-9(7-13)14-8-10-2-3-11-12(6-10)16-5-4-15-11/h2-3,6,9,14H,4-5,7-8,13H2,1H3. The molecule has 0 radical (unpaired) electrons. The highest BCUT2D eigenvalue weighted by Crippen LogP contribution is 2.30. The minimum atomic E-state index is 0.327. The second-order valence-electron chi connectivity index (χ2n) is 4.00. The smallest absolute Gasteiger partial charge is 0.161 e. The van der Waals surface area contributed by atoms with Crippen LogP contribution in [0.3, 0.4) is 0 Å². The van der Waals surface area contributed by atoms with Crippen LogP contribution in [0.2, 0.25) is 0 Å². The normalized spacial score (nSPS) is 15.9. The van der Waals surface area contributed by atoms with E-state index in [-0.39, 0.29) is 0 Å². The Balaban J connectivity index is 2.00. The molecule has 88 valence electrons. The minimum absolute atomic E-state index is 0.327. The van der Waals surface area contributed by atoms with E-state index in [9.17, 15) is 0 Å². The zero-order valence-corrected chi connectivity index (χ0v) is 9.53. The fourth-order valence-electron chi connectivity index (χ4n) is 1.57. The molecule has 1 aromatic carbocycles. The lowest BCUT2D eigenvalue weighted by Crippen LogP contribution is -2.32. The van der Waals surface area contributed by atoms with Crippen LogP contribution >= 0.6 is 0 Å². The number of hydrogen-bond acceptors (Lipinski definition) is 4. The van der Waals surface area contributed by atoms with E-state index in [0.29, 0.717) is 25.8 Å². The van der Waals surface area contributed by atoms with Crippen LogP contribution in [0.25, 0.3) is 0 Å². The van der Waals surface area contributed by atoms with Crippen LogP contribution < -0.4 is 20.5 Å². The molecule has 4 heteroatoms. The lowest BCUT2D eigenvalue weighted by molar-refractivity contribution is 0.171. The molecule has 3 N–H and O–H groups in total. The van der Waals surface area contributed by atoms with Crippen molar-refractivity contribution in [3.63, 3.8) is 0 Å². The van der Waals surface area contributed by atoms with Gasteiger partial charge in [-0.05, 0) is 24.6 Å². The van der Waals surface area contributed by atoms with Crippen LogP contribution in [0, 0.1) is 0 Å². The second kappa shape index (κ2) is 5.18. The van der Waals surface area contributed by atoms with Gasteiger partial charge in [0, 0.05) is 19.1 Å². The van der Waals surface area contributed by atoms with Gasteiger partial charge in [-0.15, -0.1) is 0 Å². The number of hydrogen-bond donors (Lipinski definition) is 2. The SMILES string of the molecule is CC(CN)NCc1ccc2c(c1)OCCO2. The highest BCUT2D eigenvalue weighted by molar-refractivity contribution is 5.43. The van der Waals surface area contributed by atoms with Crippen molar-refractivity contribution in [3.05, 3.63) is 23.8 Å². The maximum absolute atomic E-state index is 5.54. The van der Waals surface area contributed by atoms with E-state index in [1.165, 1.54) is 5.56 Å². The fourth-order valence-corrected chi connectivity index (χ4v) is 1.57. The summed E-state index contributed by atoms with van der Waals surface area (Å²) in [5.74, 6) is 1.67. The summed E-state index contributed by atoms with van der Waals surface area (Å²) in [4.78, 5) is 0. The van der Waals surface area contributed by atoms with Crippen molar-refractivity contribution >= 4 is 0 Å². The first kappa shape index (κ1) is 11.2. The van der Waals surface area contributed by atoms with Gasteiger partial charge in [-0.3, -0.25) is 0 Å². The second-order valence-corrected chi connectivity index (χ2v) is 4.00. The highest BCUT2D eigenvalue weighted by atomic mass is 16.6. The van der Waals surface area contributed by atoms with Gasteiger partial charge in [-0.1, -0.05) is 6.07 Å². The zero-order valence-electron chi connectivity index (χ0n) is 9.53. The zero-order chi connectivity index (χ0) is 11.4. The van der Waals surface area contributed by atoms with Crippen molar-refractivity contribution in [1.82, 2.24) is 5.32 Å². The third kappa shape index (κ3) is 2.65. The average molecular weight is 222 g/mol. The predicted molar refractivity (Wildman–Crippen MR) is 62.8 cm³/mol. The molecule has 2 rings (SSSR count). The quantitative estimate of drug-likeness (QED) is 0.794. The molecule has 16 heavy (non-hydrogen) atoms. The Hall–Kier alpha value is -1.26. The van der Waals surface area contributed by atoms with Gasteiger partial charge >= 0.3 is 0 Å². The molecule has 0 amide bonds. The van der Waals surface area contributed by atoms with Gasteiger partial charge in [-0.25, -0.2) is 0 Å². The van der Waals surface area contributed by atoms with Crippen molar-refractivity contribution in [3.8, 4) is 11.5 Å². The molecule has 0 aliphatic carbocycles. The van der Waals surface area contributed by atoms with Crippen LogP contribution in [0.5, 0.6) is 11.5 Å². The summed E-state index contributed by atoms with van der Waals surface area (Å²) >= 11 is 0. The van der Waals surface area contributed by atoms with Crippen LogP contribution in [-0.4, -0.2) is 25.8 Å². The summed E-state index contributed by atoms with van der Waals surface area (Å²) in [6.07, 6.45) is 0. The van der Waals surface area contributed by atoms with E-state index >= 15 is 0 Å². The summed E-state index contributed by atoms with van der Waals surface area (Å²) in [5.41, 5.74) is 6.72. The molecule has 1 heterocycles. The summed E-state index contributed by atoms with van der Waals surface area (Å²) < 4.78 is 11.0. The van der Waals surface area contributed by atoms with Crippen molar-refractivity contribution < 1.29 is 9.47 Å². The molecule has 1 aliphatic rings. The lowest BCUT2D eigenvalue weighted by Gasteiger charge is -2.19. The first-order valence-electron chi connectivity index (χ1n) is 5.61. The molecule has 0 spiro atoms. The fraction of sp³-hybridized carbons (Fsp3) is 0.500. The van der Waals surface area contributed by atoms with Crippen molar-refractivity contribution in [2.24, 2.45) is 5.73 Å². The Labute approximate surface area is 95.7 Å². The third-order valence-electron chi connectivity index (χ3n) is 2.61. The van der Waals surface area contributed by atoms with E-state index in [0.717, 1.165) is 18.0 Å². The molecule has 4 nitrogen and oxygen atoms in total. The van der Waals surface area contributed by atoms with Gasteiger partial charge in [0.2, 0.25) is 0 Å². The van der Waals surface area contributed by atoms with E-state index in [2.05, 4.69) is 12.2 Å². The Bertz CT molecular complexity index is 355. The molecule has 0 aromatic heterocycles. The molecule has 1 aliphatic heterocycles. The summed E-state index contributed by atoms with van der Waals surface area (Å²) in [6.45, 7) is 4.77. The number of benzene rings is 1. The summed E-state index contributed by atoms with van der Waals surface area (Å²) in [5, 5.41) is 3.33. The molecule has 0 bridgehead atoms. The Morgan fingerprint density at radius 3 is 2.81 bits per heavy atom. The predicted octanol–water partition coefficient (Wildman–Crippen LogP) is 0.895. The topological polar surface area (TPSA) is 56.5 Å². The van der Waals surface area contributed by atoms with Crippen LogP contribution in [0.1, 0.15) is 12.5 Å². The van der Waals surface area contributed by atoms with E-state index in [1.807, 2.05) is 18.2 Å². The molecular formula is C12H18N2O2. The number of nitrogens with one attached hydrogen (secondary N) is 1. The number of rotatable bonds is 4. The lowest BCUT2D eigenvalue weighted by atomic mass is 10.2. The first-order chi connectivity index (χ1) is 7.79. The molecule has 1 atom stereocenters. The third-order valence-corrected chi connectivity index (χ3v) is 2.61. The van der Waals surface area contributed by atoms with Crippen molar-refractivity contribution in [1.29, 1.82) is 0 Å². The Kier molecular flexibility index (Phi) is 3.64. The molecule has 1 unspecified atom stereocenters. The van der Waals surface area contributed by atoms with Crippen LogP contribution in [0.4, 0.5) is 0 Å². The van der Waals surface area contributed by atoms with Gasteiger partial charge in [0.15, 0.2) is 11.5 Å². The molecule has 1 aromatic rings. The molecule has 0 fully saturated rings. The Morgan fingerprint density at radius 1 is 1.31 bits per heavy atom. The summed E-state index contributed by atoms with van der Waals surface area (Å²) in [7, 11) is 0. The minimum Gasteiger partial charge on any atom is -0.486 e. The largest absolute Gasteiger partial charge is 0.486 e. The highest BCUT2D eigenvalue weighted by Gasteiger charge is 2.11. The van der Waals surface area contributed by atoms with Gasteiger partial charge in [0.25, 0.3) is 0 Å². The van der Waals surface area contributed by atoms with Crippen molar-refractivity contribution in [2.45, 2.75) is 19.5 Å². The molecule has 0 saturated heterocycles. The van der Waals surface area contributed by atoms with Gasteiger partial charge in [0.1, 0.15) is 13.2 Å². The van der Waals surface area contributed by atoms with E-state index in [1.54, 1.807) is 0 Å². The van der Waals surface area contributed by atoms with Crippen LogP contribution in [0.15, 0.2) is 18.2 Å². The Morgan fingerprint density at radius 2 is 2.06 bits per heavy atom. The van der Waals surface area contributed by atoms with Crippen LogP contribution in [-0.2, 0) is 6.54 Å². The van der Waals surface area contributed by atoms with E-state index < -0.39 is 0 Å². The monoisotopic (exact) mass is 222 g/mol. The number of nitrogens with two attached hydrogens (primary N) is 1.